The Morgan fingerprint density at radius 1 is 1.05 bits per heavy atom. The zero-order chi connectivity index (χ0) is 12.5. The molecule has 0 aliphatic heterocycles. The molecule has 1 heterocycles. The van der Waals surface area contributed by atoms with Crippen molar-refractivity contribution in [1.29, 1.82) is 0 Å². The van der Waals surface area contributed by atoms with Gasteiger partial charge in [-0.1, -0.05) is 24.3 Å². The summed E-state index contributed by atoms with van der Waals surface area (Å²) >= 11 is 0. The summed E-state index contributed by atoms with van der Waals surface area (Å²) in [7, 11) is 0. The van der Waals surface area contributed by atoms with Crippen LogP contribution in [0.4, 0.5) is 5.69 Å². The van der Waals surface area contributed by atoms with Gasteiger partial charge >= 0.3 is 29.6 Å². The first-order valence-corrected chi connectivity index (χ1v) is 6.28. The Morgan fingerprint density at radius 3 is 2.63 bits per heavy atom. The predicted octanol–water partition coefficient (Wildman–Crippen LogP) is 1.32. The molecule has 0 amide bonds. The number of aromatic nitrogens is 1. The van der Waals surface area contributed by atoms with E-state index in [1.165, 1.54) is 27.2 Å². The van der Waals surface area contributed by atoms with Gasteiger partial charge in [0.1, 0.15) is 0 Å². The van der Waals surface area contributed by atoms with Crippen LogP contribution >= 0.6 is 0 Å². The van der Waals surface area contributed by atoms with Crippen LogP contribution in [0, 0.1) is 0 Å². The molecular weight excluding hydrogens is 243 g/mol. The molecule has 3 rings (SSSR count). The van der Waals surface area contributed by atoms with E-state index in [0.29, 0.717) is 6.04 Å². The van der Waals surface area contributed by atoms with Crippen LogP contribution in [0.25, 0.3) is 21.5 Å². The molecule has 3 heteroatoms. The molecule has 0 aliphatic carbocycles. The van der Waals surface area contributed by atoms with E-state index >= 15 is 0 Å². The van der Waals surface area contributed by atoms with Crippen molar-refractivity contribution < 1.29 is 31.0 Å². The van der Waals surface area contributed by atoms with Crippen LogP contribution in [0.2, 0.25) is 0 Å². The van der Waals surface area contributed by atoms with Crippen LogP contribution in [-0.4, -0.2) is 11.0 Å². The Hall–Kier alpha value is -1.09. The van der Waals surface area contributed by atoms with E-state index in [4.69, 9.17) is 0 Å². The molecule has 0 atom stereocenters. The summed E-state index contributed by atoms with van der Waals surface area (Å²) in [6, 6.07) is 13.2. The molecule has 3 aromatic rings. The topological polar surface area (TPSA) is 24.9 Å². The molecule has 0 fully saturated rings. The van der Waals surface area contributed by atoms with Gasteiger partial charge in [0, 0.05) is 34.9 Å². The van der Waals surface area contributed by atoms with Crippen molar-refractivity contribution in [1.82, 2.24) is 4.98 Å². The number of pyridine rings is 1. The largest absolute Gasteiger partial charge is 1.00 e. The third kappa shape index (κ3) is 2.76. The Bertz CT molecular complexity index is 713. The molecule has 1 N–H and O–H groups in total. The molecule has 19 heavy (non-hydrogen) atoms. The van der Waals surface area contributed by atoms with Crippen LogP contribution in [-0.2, 0) is 0 Å². The molecule has 0 spiro atoms. The van der Waals surface area contributed by atoms with Crippen molar-refractivity contribution in [2.45, 2.75) is 19.9 Å². The second kappa shape index (κ2) is 5.91. The van der Waals surface area contributed by atoms with Gasteiger partial charge in [0.05, 0.1) is 0 Å². The summed E-state index contributed by atoms with van der Waals surface area (Å²) in [6.45, 7) is 4.31. The predicted molar refractivity (Wildman–Crippen MR) is 79.1 cm³/mol. The second-order valence-electron chi connectivity index (χ2n) is 4.87. The summed E-state index contributed by atoms with van der Waals surface area (Å²) in [4.78, 5) is 4.26. The fourth-order valence-electron chi connectivity index (χ4n) is 2.38. The second-order valence-corrected chi connectivity index (χ2v) is 4.87. The van der Waals surface area contributed by atoms with Crippen molar-refractivity contribution in [3.63, 3.8) is 0 Å². The van der Waals surface area contributed by atoms with Crippen LogP contribution in [0.3, 0.4) is 0 Å². The van der Waals surface area contributed by atoms with Crippen molar-refractivity contribution in [3.05, 3.63) is 48.8 Å². The Kier molecular flexibility index (Phi) is 4.46. The van der Waals surface area contributed by atoms with Gasteiger partial charge in [0.15, 0.2) is 0 Å². The minimum Gasteiger partial charge on any atom is -1.00 e. The van der Waals surface area contributed by atoms with Gasteiger partial charge in [-0.25, -0.2) is 0 Å². The van der Waals surface area contributed by atoms with Gasteiger partial charge in [0.2, 0.25) is 0 Å². The van der Waals surface area contributed by atoms with Gasteiger partial charge in [-0.05, 0) is 36.8 Å². The molecule has 0 bridgehead atoms. The quantitative estimate of drug-likeness (QED) is 0.555. The average molecular weight is 260 g/mol. The van der Waals surface area contributed by atoms with Gasteiger partial charge in [-0.2, -0.15) is 0 Å². The zero-order valence-corrected chi connectivity index (χ0v) is 13.6. The number of fused-ring (bicyclic) bond motifs is 3. The first-order valence-electron chi connectivity index (χ1n) is 6.28. The molecule has 0 saturated heterocycles. The van der Waals surface area contributed by atoms with Gasteiger partial charge in [-0.15, -0.1) is 0 Å². The summed E-state index contributed by atoms with van der Waals surface area (Å²) < 4.78 is 0. The molecule has 2 nitrogen and oxygen atoms in total. The standard InChI is InChI=1S/C16H16N2.Na.H/c1-11(2)18-16-9-12-5-3-4-6-13(12)15-10-17-8-7-14(15)16;;/h3-11,18H,1-2H3;;/q;+1;-1. The minimum absolute atomic E-state index is 0. The van der Waals surface area contributed by atoms with E-state index in [-0.39, 0.29) is 31.0 Å². The molecule has 0 aliphatic rings. The number of nitrogens with zero attached hydrogens (tertiary/aromatic N) is 1. The van der Waals surface area contributed by atoms with Gasteiger partial charge in [0.25, 0.3) is 0 Å². The average Bonchev–Trinajstić information content (AvgIpc) is 2.38. The first kappa shape index (κ1) is 14.3. The molecule has 0 unspecified atom stereocenters. The van der Waals surface area contributed by atoms with E-state index in [0.717, 1.165) is 0 Å². The van der Waals surface area contributed by atoms with Crippen molar-refractivity contribution in [2.24, 2.45) is 0 Å². The number of benzene rings is 2. The van der Waals surface area contributed by atoms with E-state index in [1.807, 2.05) is 12.4 Å². The molecular formula is C16H17N2Na. The third-order valence-corrected chi connectivity index (χ3v) is 3.11. The van der Waals surface area contributed by atoms with Gasteiger partial charge in [-0.3, -0.25) is 4.98 Å². The molecule has 0 radical (unpaired) electrons. The van der Waals surface area contributed by atoms with Crippen LogP contribution < -0.4 is 34.9 Å². The number of hydrogen-bond acceptors (Lipinski definition) is 2. The fraction of sp³-hybridized carbons (Fsp3) is 0.188. The van der Waals surface area contributed by atoms with Crippen LogP contribution in [0.5, 0.6) is 0 Å². The zero-order valence-electron chi connectivity index (χ0n) is 12.6. The normalized spacial score (nSPS) is 10.7. The summed E-state index contributed by atoms with van der Waals surface area (Å²) in [5.41, 5.74) is 1.18. The molecule has 1 aromatic heterocycles. The number of nitrogens with one attached hydrogen (secondary N) is 1. The molecule has 0 saturated carbocycles. The van der Waals surface area contributed by atoms with E-state index in [1.54, 1.807) is 0 Å². The first-order chi connectivity index (χ1) is 8.75. The SMILES string of the molecule is CC(C)Nc1cc2ccccc2c2cnccc12.[H-].[Na+]. The number of anilines is 1. The maximum atomic E-state index is 4.26. The number of rotatable bonds is 2. The van der Waals surface area contributed by atoms with Crippen LogP contribution in [0.1, 0.15) is 15.3 Å². The third-order valence-electron chi connectivity index (χ3n) is 3.11. The minimum atomic E-state index is 0. The maximum absolute atomic E-state index is 4.26. The fourth-order valence-corrected chi connectivity index (χ4v) is 2.38. The van der Waals surface area contributed by atoms with E-state index < -0.39 is 0 Å². The summed E-state index contributed by atoms with van der Waals surface area (Å²) in [5.74, 6) is 0. The van der Waals surface area contributed by atoms with E-state index in [2.05, 4.69) is 60.5 Å². The molecule has 92 valence electrons. The Labute approximate surface area is 137 Å². The summed E-state index contributed by atoms with van der Waals surface area (Å²) in [5, 5.41) is 8.46. The van der Waals surface area contributed by atoms with E-state index in [9.17, 15) is 0 Å². The maximum Gasteiger partial charge on any atom is 1.00 e. The number of hydrogen-bond donors (Lipinski definition) is 1. The molecule has 2 aromatic carbocycles. The van der Waals surface area contributed by atoms with Gasteiger partial charge < -0.3 is 6.74 Å². The van der Waals surface area contributed by atoms with Crippen molar-refractivity contribution in [3.8, 4) is 0 Å². The monoisotopic (exact) mass is 260 g/mol. The van der Waals surface area contributed by atoms with Crippen molar-refractivity contribution in [2.75, 3.05) is 5.32 Å². The smallest absolute Gasteiger partial charge is 1.00 e. The van der Waals surface area contributed by atoms with Crippen LogP contribution in [0.15, 0.2) is 48.8 Å². The Balaban J connectivity index is 0.000001000. The summed E-state index contributed by atoms with van der Waals surface area (Å²) in [6.07, 6.45) is 3.80. The van der Waals surface area contributed by atoms with Crippen molar-refractivity contribution >= 4 is 27.2 Å². The Morgan fingerprint density at radius 2 is 1.84 bits per heavy atom.